The summed E-state index contributed by atoms with van der Waals surface area (Å²) in [6, 6.07) is 16.1. The van der Waals surface area contributed by atoms with E-state index in [0.29, 0.717) is 16.5 Å². The van der Waals surface area contributed by atoms with Crippen LogP contribution in [0.1, 0.15) is 24.0 Å². The summed E-state index contributed by atoms with van der Waals surface area (Å²) < 4.78 is 7.95. The molecule has 2 N–H and O–H groups in total. The summed E-state index contributed by atoms with van der Waals surface area (Å²) in [5, 5.41) is 14.6. The van der Waals surface area contributed by atoms with Crippen molar-refractivity contribution in [3.63, 3.8) is 0 Å². The second-order valence-corrected chi connectivity index (χ2v) is 9.23. The van der Waals surface area contributed by atoms with Gasteiger partial charge < -0.3 is 14.3 Å². The number of carbonyl (C=O) groups is 1. The zero-order chi connectivity index (χ0) is 26.2. The quantitative estimate of drug-likeness (QED) is 0.348. The summed E-state index contributed by atoms with van der Waals surface area (Å²) in [5.41, 5.74) is 5.35. The molecule has 0 unspecified atom stereocenters. The van der Waals surface area contributed by atoms with E-state index < -0.39 is 6.09 Å². The van der Waals surface area contributed by atoms with Crippen LogP contribution in [0.4, 0.5) is 10.5 Å². The van der Waals surface area contributed by atoms with Gasteiger partial charge in [0.05, 0.1) is 30.7 Å². The zero-order valence-corrected chi connectivity index (χ0v) is 20.9. The van der Waals surface area contributed by atoms with Crippen LogP contribution in [0, 0.1) is 0 Å². The molecule has 3 aromatic heterocycles. The predicted octanol–water partition coefficient (Wildman–Crippen LogP) is 4.25. The number of amides is 1. The summed E-state index contributed by atoms with van der Waals surface area (Å²) in [4.78, 5) is 32.8. The SMILES string of the molecule is COC(=O)Nc1ccc(-c2cnc([C@@H]3CCc4cc(-c5cc(Cl)ccc5-n5cnnn5)cc(=O)n43)[nH]2)cc1. The van der Waals surface area contributed by atoms with E-state index in [1.807, 2.05) is 30.3 Å². The van der Waals surface area contributed by atoms with Crippen molar-refractivity contribution in [2.45, 2.75) is 18.9 Å². The lowest BCUT2D eigenvalue weighted by atomic mass is 10.0. The molecule has 0 saturated carbocycles. The minimum atomic E-state index is -0.530. The third kappa shape index (κ3) is 4.33. The summed E-state index contributed by atoms with van der Waals surface area (Å²) in [5.74, 6) is 0.711. The maximum atomic E-state index is 13.4. The summed E-state index contributed by atoms with van der Waals surface area (Å²) in [6.07, 6.45) is 4.18. The van der Waals surface area contributed by atoms with E-state index >= 15 is 0 Å². The molecule has 0 aliphatic carbocycles. The standard InChI is InChI=1S/C26H21ClN8O3/c1-38-26(37)30-18-5-2-15(3-6-18)21-13-28-25(31-21)23-9-7-19-10-16(11-24(36)35(19)23)20-12-17(27)4-8-22(20)34-14-29-32-33-34/h2-6,8,10-14,23H,7,9H2,1H3,(H,28,31)(H,30,37)/t23-/m0/s1. The van der Waals surface area contributed by atoms with Gasteiger partial charge in [-0.15, -0.1) is 5.10 Å². The lowest BCUT2D eigenvalue weighted by molar-refractivity contribution is 0.187. The number of halogens is 1. The van der Waals surface area contributed by atoms with Crippen LogP contribution >= 0.6 is 11.6 Å². The number of nitrogens with zero attached hydrogens (tertiary/aromatic N) is 6. The summed E-state index contributed by atoms with van der Waals surface area (Å²) >= 11 is 6.30. The topological polar surface area (TPSA) is 133 Å². The van der Waals surface area contributed by atoms with Crippen LogP contribution in [-0.2, 0) is 11.2 Å². The van der Waals surface area contributed by atoms with E-state index in [0.717, 1.165) is 46.6 Å². The maximum Gasteiger partial charge on any atom is 0.411 e. The van der Waals surface area contributed by atoms with E-state index in [4.69, 9.17) is 11.6 Å². The molecule has 12 heteroatoms. The zero-order valence-electron chi connectivity index (χ0n) is 20.1. The van der Waals surface area contributed by atoms with Crippen LogP contribution in [0.3, 0.4) is 0 Å². The molecule has 1 aliphatic heterocycles. The number of carbonyl (C=O) groups excluding carboxylic acids is 1. The highest BCUT2D eigenvalue weighted by molar-refractivity contribution is 6.31. The number of aromatic amines is 1. The molecular weight excluding hydrogens is 508 g/mol. The number of rotatable bonds is 5. The fourth-order valence-electron chi connectivity index (χ4n) is 4.77. The van der Waals surface area contributed by atoms with Crippen LogP contribution in [0.5, 0.6) is 0 Å². The summed E-state index contributed by atoms with van der Waals surface area (Å²) in [7, 11) is 1.31. The van der Waals surface area contributed by atoms with Crippen LogP contribution in [0.2, 0.25) is 5.02 Å². The van der Waals surface area contributed by atoms with E-state index in [2.05, 4.69) is 35.5 Å². The summed E-state index contributed by atoms with van der Waals surface area (Å²) in [6.45, 7) is 0. The molecule has 0 saturated heterocycles. The second-order valence-electron chi connectivity index (χ2n) is 8.79. The molecule has 11 nitrogen and oxygen atoms in total. The molecule has 1 amide bonds. The Morgan fingerprint density at radius 2 is 1.97 bits per heavy atom. The smallest absolute Gasteiger partial charge is 0.411 e. The number of pyridine rings is 1. The Labute approximate surface area is 221 Å². The molecule has 2 aromatic carbocycles. The van der Waals surface area contributed by atoms with Gasteiger partial charge in [-0.2, -0.15) is 4.68 Å². The van der Waals surface area contributed by atoms with E-state index in [-0.39, 0.29) is 11.6 Å². The highest BCUT2D eigenvalue weighted by atomic mass is 35.5. The number of aryl methyl sites for hydroxylation is 1. The first kappa shape index (κ1) is 23.6. The number of methoxy groups -OCH3 is 1. The number of hydrogen-bond acceptors (Lipinski definition) is 7. The van der Waals surface area contributed by atoms with Crippen molar-refractivity contribution in [1.82, 2.24) is 34.7 Å². The first-order chi connectivity index (χ1) is 18.5. The van der Waals surface area contributed by atoms with E-state index in [1.54, 1.807) is 39.7 Å². The molecule has 38 heavy (non-hydrogen) atoms. The normalized spacial score (nSPS) is 14.3. The van der Waals surface area contributed by atoms with Gasteiger partial charge >= 0.3 is 6.09 Å². The third-order valence-electron chi connectivity index (χ3n) is 6.54. The minimum Gasteiger partial charge on any atom is -0.453 e. The van der Waals surface area contributed by atoms with Crippen molar-refractivity contribution >= 4 is 23.4 Å². The largest absolute Gasteiger partial charge is 0.453 e. The lowest BCUT2D eigenvalue weighted by Gasteiger charge is -2.15. The third-order valence-corrected chi connectivity index (χ3v) is 6.77. The van der Waals surface area contributed by atoms with Crippen LogP contribution < -0.4 is 10.9 Å². The Morgan fingerprint density at radius 3 is 2.74 bits per heavy atom. The molecular formula is C26H21ClN8O3. The van der Waals surface area contributed by atoms with Crippen molar-refractivity contribution in [1.29, 1.82) is 0 Å². The van der Waals surface area contributed by atoms with Gasteiger partial charge in [-0.05, 0) is 70.8 Å². The number of nitrogens with one attached hydrogen (secondary N) is 2. The van der Waals surface area contributed by atoms with Crippen molar-refractivity contribution < 1.29 is 9.53 Å². The number of benzene rings is 2. The molecule has 0 bridgehead atoms. The molecule has 0 fully saturated rings. The number of imidazole rings is 1. The average molecular weight is 529 g/mol. The van der Waals surface area contributed by atoms with Gasteiger partial charge in [-0.1, -0.05) is 23.7 Å². The number of ether oxygens (including phenoxy) is 1. The number of tetrazole rings is 1. The number of hydrogen-bond donors (Lipinski definition) is 2. The first-order valence-corrected chi connectivity index (χ1v) is 12.2. The average Bonchev–Trinajstić information content (AvgIpc) is 3.70. The lowest BCUT2D eigenvalue weighted by Crippen LogP contribution is -2.23. The van der Waals surface area contributed by atoms with Crippen molar-refractivity contribution in [2.24, 2.45) is 0 Å². The number of fused-ring (bicyclic) bond motifs is 1. The van der Waals surface area contributed by atoms with Gasteiger partial charge in [0.15, 0.2) is 0 Å². The Bertz CT molecular complexity index is 1690. The van der Waals surface area contributed by atoms with Gasteiger partial charge in [0.2, 0.25) is 0 Å². The van der Waals surface area contributed by atoms with Crippen LogP contribution in [0.25, 0.3) is 28.1 Å². The Kier molecular flexibility index (Phi) is 5.97. The fraction of sp³-hybridized carbons (Fsp3) is 0.154. The number of anilines is 1. The van der Waals surface area contributed by atoms with E-state index in [1.165, 1.54) is 13.4 Å². The molecule has 6 rings (SSSR count). The highest BCUT2D eigenvalue weighted by Crippen LogP contribution is 2.34. The Balaban J connectivity index is 1.30. The van der Waals surface area contributed by atoms with Crippen LogP contribution in [0.15, 0.2) is 71.9 Å². The number of H-pyrrole nitrogens is 1. The monoisotopic (exact) mass is 528 g/mol. The fourth-order valence-corrected chi connectivity index (χ4v) is 4.95. The Morgan fingerprint density at radius 1 is 1.13 bits per heavy atom. The van der Waals surface area contributed by atoms with Gasteiger partial charge in [0.1, 0.15) is 12.2 Å². The van der Waals surface area contributed by atoms with Crippen molar-refractivity contribution in [3.8, 4) is 28.1 Å². The Hall–Kier alpha value is -4.77. The molecule has 1 aliphatic rings. The van der Waals surface area contributed by atoms with Gasteiger partial charge in [-0.3, -0.25) is 10.1 Å². The molecule has 0 radical (unpaired) electrons. The van der Waals surface area contributed by atoms with Gasteiger partial charge in [0, 0.05) is 28.0 Å². The molecule has 0 spiro atoms. The van der Waals surface area contributed by atoms with Crippen LogP contribution in [-0.4, -0.2) is 47.9 Å². The molecule has 1 atom stereocenters. The van der Waals surface area contributed by atoms with Crippen molar-refractivity contribution in [2.75, 3.05) is 12.4 Å². The van der Waals surface area contributed by atoms with E-state index in [9.17, 15) is 9.59 Å². The second kappa shape index (κ2) is 9.60. The molecule has 4 heterocycles. The minimum absolute atomic E-state index is 0.126. The van der Waals surface area contributed by atoms with Crippen molar-refractivity contribution in [3.05, 3.63) is 94.0 Å². The first-order valence-electron chi connectivity index (χ1n) is 11.8. The molecule has 190 valence electrons. The maximum absolute atomic E-state index is 13.4. The van der Waals surface area contributed by atoms with Gasteiger partial charge in [0.25, 0.3) is 5.56 Å². The van der Waals surface area contributed by atoms with Gasteiger partial charge in [-0.25, -0.2) is 9.78 Å². The highest BCUT2D eigenvalue weighted by Gasteiger charge is 2.28. The predicted molar refractivity (Wildman–Crippen MR) is 140 cm³/mol. The number of aromatic nitrogens is 7. The molecule has 5 aromatic rings.